The number of halogens is 3. The van der Waals surface area contributed by atoms with Crippen LogP contribution in [0.1, 0.15) is 29.5 Å². The van der Waals surface area contributed by atoms with Crippen molar-refractivity contribution in [2.75, 3.05) is 25.5 Å². The molecule has 0 saturated carbocycles. The molecule has 1 saturated heterocycles. The maximum atomic E-state index is 13.0. The molecule has 1 aromatic carbocycles. The zero-order chi connectivity index (χ0) is 18.9. The van der Waals surface area contributed by atoms with Gasteiger partial charge in [0.15, 0.2) is 0 Å². The molecule has 1 N–H and O–H groups in total. The lowest BCUT2D eigenvalue weighted by Gasteiger charge is -2.30. The summed E-state index contributed by atoms with van der Waals surface area (Å²) in [5.41, 5.74) is 1.44. The minimum absolute atomic E-state index is 0.226. The number of alkyl halides is 3. The molecule has 1 fully saturated rings. The third-order valence-electron chi connectivity index (χ3n) is 5.01. The predicted octanol–water partition coefficient (Wildman–Crippen LogP) is 4.29. The van der Waals surface area contributed by atoms with Crippen LogP contribution in [-0.4, -0.2) is 41.3 Å². The first-order chi connectivity index (χ1) is 12.3. The number of hydrogen-bond acceptors (Lipinski definition) is 4. The molecule has 140 valence electrons. The van der Waals surface area contributed by atoms with Gasteiger partial charge in [0, 0.05) is 18.2 Å². The van der Waals surface area contributed by atoms with E-state index >= 15 is 0 Å². The fourth-order valence-corrected chi connectivity index (χ4v) is 3.45. The van der Waals surface area contributed by atoms with Crippen LogP contribution in [-0.2, 0) is 6.18 Å². The van der Waals surface area contributed by atoms with Gasteiger partial charge < -0.3 is 10.2 Å². The molecule has 26 heavy (non-hydrogen) atoms. The summed E-state index contributed by atoms with van der Waals surface area (Å²) >= 11 is 0. The van der Waals surface area contributed by atoms with E-state index in [0.29, 0.717) is 28.7 Å². The van der Waals surface area contributed by atoms with Crippen molar-refractivity contribution in [1.82, 2.24) is 15.1 Å². The highest BCUT2D eigenvalue weighted by molar-refractivity contribution is 5.66. The number of likely N-dealkylation sites (N-methyl/N-ethyl adjacent to an activating group) is 1. The predicted molar refractivity (Wildman–Crippen MR) is 96.1 cm³/mol. The summed E-state index contributed by atoms with van der Waals surface area (Å²) < 4.78 is 39.1. The maximum absolute atomic E-state index is 13.0. The van der Waals surface area contributed by atoms with Gasteiger partial charge in [0.2, 0.25) is 0 Å². The number of piperidine rings is 1. The standard InChI is InChI=1S/C19H23F3N4/c1-12-13(2)16(19(20,21)22)7-6-15(12)17-8-9-18(25-24-17)23-14-5-4-10-26(3)11-14/h6-9,14H,4-5,10-11H2,1-3H3,(H,23,25)/t14-/m1/s1. The number of likely N-dealkylation sites (tertiary alicyclic amines) is 1. The van der Waals surface area contributed by atoms with E-state index in [1.165, 1.54) is 13.0 Å². The number of benzene rings is 1. The maximum Gasteiger partial charge on any atom is 0.416 e. The van der Waals surface area contributed by atoms with Crippen LogP contribution in [0.2, 0.25) is 0 Å². The van der Waals surface area contributed by atoms with E-state index in [2.05, 4.69) is 27.5 Å². The van der Waals surface area contributed by atoms with E-state index in [0.717, 1.165) is 32.0 Å². The molecule has 4 nitrogen and oxygen atoms in total. The first-order valence-electron chi connectivity index (χ1n) is 8.72. The van der Waals surface area contributed by atoms with Crippen molar-refractivity contribution in [3.8, 4) is 11.3 Å². The topological polar surface area (TPSA) is 41.0 Å². The molecule has 3 rings (SSSR count). The lowest BCUT2D eigenvalue weighted by Crippen LogP contribution is -2.39. The van der Waals surface area contributed by atoms with Gasteiger partial charge in [0.05, 0.1) is 11.3 Å². The Morgan fingerprint density at radius 2 is 1.85 bits per heavy atom. The molecular weight excluding hydrogens is 341 g/mol. The van der Waals surface area contributed by atoms with Crippen molar-refractivity contribution < 1.29 is 13.2 Å². The first-order valence-corrected chi connectivity index (χ1v) is 8.72. The van der Waals surface area contributed by atoms with Gasteiger partial charge in [-0.05, 0) is 69.6 Å². The molecule has 1 aromatic heterocycles. The van der Waals surface area contributed by atoms with Gasteiger partial charge in [-0.2, -0.15) is 13.2 Å². The average Bonchev–Trinajstić information content (AvgIpc) is 2.57. The quantitative estimate of drug-likeness (QED) is 0.882. The summed E-state index contributed by atoms with van der Waals surface area (Å²) in [7, 11) is 2.10. The molecule has 0 amide bonds. The zero-order valence-electron chi connectivity index (χ0n) is 15.2. The largest absolute Gasteiger partial charge is 0.416 e. The number of rotatable bonds is 3. The van der Waals surface area contributed by atoms with Crippen LogP contribution < -0.4 is 5.32 Å². The van der Waals surface area contributed by atoms with E-state index in [1.807, 2.05) is 6.07 Å². The Hall–Kier alpha value is -2.15. The number of nitrogens with zero attached hydrogens (tertiary/aromatic N) is 3. The minimum Gasteiger partial charge on any atom is -0.365 e. The van der Waals surface area contributed by atoms with Crippen LogP contribution in [0.4, 0.5) is 19.0 Å². The number of aromatic nitrogens is 2. The van der Waals surface area contributed by atoms with Crippen LogP contribution in [0.5, 0.6) is 0 Å². The highest BCUT2D eigenvalue weighted by Gasteiger charge is 2.33. The number of hydrogen-bond donors (Lipinski definition) is 1. The lowest BCUT2D eigenvalue weighted by atomic mass is 9.96. The Morgan fingerprint density at radius 3 is 2.46 bits per heavy atom. The number of anilines is 1. The highest BCUT2D eigenvalue weighted by atomic mass is 19.4. The Bertz CT molecular complexity index is 772. The van der Waals surface area contributed by atoms with Crippen molar-refractivity contribution in [3.63, 3.8) is 0 Å². The summed E-state index contributed by atoms with van der Waals surface area (Å²) in [5, 5.41) is 11.8. The molecule has 2 heterocycles. The van der Waals surface area contributed by atoms with Crippen LogP contribution in [0.3, 0.4) is 0 Å². The highest BCUT2D eigenvalue weighted by Crippen LogP contribution is 2.36. The smallest absolute Gasteiger partial charge is 0.365 e. The molecule has 0 unspecified atom stereocenters. The van der Waals surface area contributed by atoms with Crippen molar-refractivity contribution in [2.24, 2.45) is 0 Å². The van der Waals surface area contributed by atoms with Crippen LogP contribution in [0.15, 0.2) is 24.3 Å². The summed E-state index contributed by atoms with van der Waals surface area (Å²) in [4.78, 5) is 2.28. The van der Waals surface area contributed by atoms with E-state index < -0.39 is 11.7 Å². The van der Waals surface area contributed by atoms with Crippen LogP contribution >= 0.6 is 0 Å². The molecule has 0 aliphatic carbocycles. The SMILES string of the molecule is Cc1c(-c2ccc(N[C@@H]3CCCN(C)C3)nn2)ccc(C(F)(F)F)c1C. The Labute approximate surface area is 151 Å². The van der Waals surface area contributed by atoms with Gasteiger partial charge in [-0.3, -0.25) is 0 Å². The molecular formula is C19H23F3N4. The molecule has 2 aromatic rings. The van der Waals surface area contributed by atoms with Crippen molar-refractivity contribution in [2.45, 2.75) is 38.9 Å². The van der Waals surface area contributed by atoms with Crippen LogP contribution in [0, 0.1) is 13.8 Å². The number of nitrogens with one attached hydrogen (secondary N) is 1. The molecule has 1 aliphatic rings. The molecule has 1 atom stereocenters. The average molecular weight is 364 g/mol. The van der Waals surface area contributed by atoms with Gasteiger partial charge in [0.25, 0.3) is 0 Å². The van der Waals surface area contributed by atoms with Crippen LogP contribution in [0.25, 0.3) is 11.3 Å². The second kappa shape index (κ2) is 7.23. The molecule has 1 aliphatic heterocycles. The Morgan fingerprint density at radius 1 is 1.08 bits per heavy atom. The minimum atomic E-state index is -4.35. The van der Waals surface area contributed by atoms with E-state index in [-0.39, 0.29) is 5.56 Å². The fourth-order valence-electron chi connectivity index (χ4n) is 3.45. The van der Waals surface area contributed by atoms with Gasteiger partial charge in [-0.15, -0.1) is 10.2 Å². The van der Waals surface area contributed by atoms with E-state index in [4.69, 9.17) is 0 Å². The fraction of sp³-hybridized carbons (Fsp3) is 0.474. The Balaban J connectivity index is 1.79. The Kier molecular flexibility index (Phi) is 5.18. The monoisotopic (exact) mass is 364 g/mol. The van der Waals surface area contributed by atoms with E-state index in [9.17, 15) is 13.2 Å². The van der Waals surface area contributed by atoms with E-state index in [1.54, 1.807) is 13.0 Å². The molecule has 0 radical (unpaired) electrons. The van der Waals surface area contributed by atoms with Crippen molar-refractivity contribution in [1.29, 1.82) is 0 Å². The third kappa shape index (κ3) is 3.98. The second-order valence-corrected chi connectivity index (χ2v) is 6.96. The van der Waals surface area contributed by atoms with Gasteiger partial charge in [0.1, 0.15) is 5.82 Å². The summed E-state index contributed by atoms with van der Waals surface area (Å²) in [6, 6.07) is 6.56. The van der Waals surface area contributed by atoms with Gasteiger partial charge in [-0.25, -0.2) is 0 Å². The molecule has 7 heteroatoms. The first kappa shape index (κ1) is 18.6. The second-order valence-electron chi connectivity index (χ2n) is 6.96. The zero-order valence-corrected chi connectivity index (χ0v) is 15.2. The third-order valence-corrected chi connectivity index (χ3v) is 5.01. The molecule has 0 spiro atoms. The van der Waals surface area contributed by atoms with Gasteiger partial charge >= 0.3 is 6.18 Å². The summed E-state index contributed by atoms with van der Waals surface area (Å²) in [6.45, 7) is 5.24. The molecule has 0 bridgehead atoms. The lowest BCUT2D eigenvalue weighted by molar-refractivity contribution is -0.138. The van der Waals surface area contributed by atoms with Crippen molar-refractivity contribution in [3.05, 3.63) is 41.0 Å². The van der Waals surface area contributed by atoms with Gasteiger partial charge in [-0.1, -0.05) is 6.07 Å². The van der Waals surface area contributed by atoms with Crippen molar-refractivity contribution >= 4 is 5.82 Å². The summed E-state index contributed by atoms with van der Waals surface area (Å²) in [6.07, 6.45) is -2.12. The normalized spacial score (nSPS) is 18.8. The summed E-state index contributed by atoms with van der Waals surface area (Å²) in [5.74, 6) is 0.690.